The van der Waals surface area contributed by atoms with Crippen LogP contribution < -0.4 is 20.8 Å². The number of benzene rings is 1. The molecule has 14 heteroatoms. The summed E-state index contributed by atoms with van der Waals surface area (Å²) in [6.45, 7) is 8.34. The normalized spacial score (nSPS) is 11.9. The first kappa shape index (κ1) is 28.0. The van der Waals surface area contributed by atoms with E-state index in [0.717, 1.165) is 18.8 Å². The van der Waals surface area contributed by atoms with Gasteiger partial charge in [-0.3, -0.25) is 14.9 Å². The van der Waals surface area contributed by atoms with Crippen molar-refractivity contribution in [3.8, 4) is 10.9 Å². The van der Waals surface area contributed by atoms with E-state index in [2.05, 4.69) is 20.8 Å². The summed E-state index contributed by atoms with van der Waals surface area (Å²) in [4.78, 5) is 35.4. The molecule has 0 saturated heterocycles. The SMILES string of the molecule is CCOC(=O)CC(O)c1c(C)cc(Oc2nnc(NC(=O)CNC(=O)OC(C)(C)C)s2)cc1[B]O. The van der Waals surface area contributed by atoms with Crippen molar-refractivity contribution >= 4 is 47.4 Å². The lowest BCUT2D eigenvalue weighted by atomic mass is 9.79. The van der Waals surface area contributed by atoms with Gasteiger partial charge in [0.05, 0.1) is 19.1 Å². The van der Waals surface area contributed by atoms with Crippen LogP contribution in [-0.2, 0) is 19.1 Å². The number of aromatic nitrogens is 2. The molecule has 12 nitrogen and oxygen atoms in total. The van der Waals surface area contributed by atoms with Crippen LogP contribution in [0.5, 0.6) is 10.9 Å². The molecule has 189 valence electrons. The van der Waals surface area contributed by atoms with Crippen LogP contribution in [0, 0.1) is 6.92 Å². The zero-order chi connectivity index (χ0) is 26.2. The van der Waals surface area contributed by atoms with Gasteiger partial charge in [0.1, 0.15) is 17.9 Å². The molecule has 0 bridgehead atoms. The van der Waals surface area contributed by atoms with Gasteiger partial charge in [0.15, 0.2) is 0 Å². The number of aryl methyl sites for hydroxylation is 1. The third-order valence-electron chi connectivity index (χ3n) is 4.18. The Kier molecular flexibility index (Phi) is 9.98. The van der Waals surface area contributed by atoms with Gasteiger partial charge in [-0.1, -0.05) is 5.10 Å². The molecule has 0 fully saturated rings. The number of amides is 2. The average molecular weight is 507 g/mol. The van der Waals surface area contributed by atoms with Gasteiger partial charge < -0.3 is 29.7 Å². The van der Waals surface area contributed by atoms with Crippen LogP contribution in [-0.4, -0.2) is 64.5 Å². The van der Waals surface area contributed by atoms with Crippen LogP contribution in [0.4, 0.5) is 9.93 Å². The van der Waals surface area contributed by atoms with Gasteiger partial charge in [-0.05, 0) is 74.7 Å². The summed E-state index contributed by atoms with van der Waals surface area (Å²) in [6.07, 6.45) is -2.17. The van der Waals surface area contributed by atoms with Crippen molar-refractivity contribution in [2.75, 3.05) is 18.5 Å². The minimum Gasteiger partial charge on any atom is -0.466 e. The van der Waals surface area contributed by atoms with E-state index in [1.165, 1.54) is 6.07 Å². The molecular weight excluding hydrogens is 479 g/mol. The number of anilines is 1. The molecule has 1 aromatic carbocycles. The smallest absolute Gasteiger partial charge is 0.408 e. The Morgan fingerprint density at radius 3 is 2.57 bits per heavy atom. The van der Waals surface area contributed by atoms with Gasteiger partial charge >= 0.3 is 24.7 Å². The maximum atomic E-state index is 12.0. The molecule has 2 rings (SSSR count). The van der Waals surface area contributed by atoms with Crippen molar-refractivity contribution in [3.63, 3.8) is 0 Å². The van der Waals surface area contributed by atoms with Gasteiger partial charge in [-0.2, -0.15) is 0 Å². The highest BCUT2D eigenvalue weighted by atomic mass is 32.1. The van der Waals surface area contributed by atoms with E-state index in [1.807, 2.05) is 0 Å². The predicted molar refractivity (Wildman–Crippen MR) is 128 cm³/mol. The molecular formula is C21H28BN4O8S. The number of carbonyl (C=O) groups is 3. The van der Waals surface area contributed by atoms with Gasteiger partial charge in [-0.15, -0.1) is 5.10 Å². The number of ether oxygens (including phenoxy) is 3. The molecule has 35 heavy (non-hydrogen) atoms. The fourth-order valence-electron chi connectivity index (χ4n) is 2.92. The van der Waals surface area contributed by atoms with Gasteiger partial charge in [0.25, 0.3) is 0 Å². The molecule has 0 aliphatic rings. The zero-order valence-electron chi connectivity index (χ0n) is 20.1. The Morgan fingerprint density at radius 1 is 1.23 bits per heavy atom. The Morgan fingerprint density at radius 2 is 1.94 bits per heavy atom. The third kappa shape index (κ3) is 9.15. The summed E-state index contributed by atoms with van der Waals surface area (Å²) < 4.78 is 15.6. The maximum Gasteiger partial charge on any atom is 0.408 e. The molecule has 2 amide bonds. The number of esters is 1. The molecule has 4 N–H and O–H groups in total. The Labute approximate surface area is 207 Å². The third-order valence-corrected chi connectivity index (χ3v) is 4.90. The second kappa shape index (κ2) is 12.5. The maximum absolute atomic E-state index is 12.0. The topological polar surface area (TPSA) is 169 Å². The van der Waals surface area contributed by atoms with E-state index in [0.29, 0.717) is 11.1 Å². The number of aliphatic hydroxyl groups excluding tert-OH is 1. The number of carbonyl (C=O) groups excluding carboxylic acids is 3. The largest absolute Gasteiger partial charge is 0.466 e. The van der Waals surface area contributed by atoms with Gasteiger partial charge in [0, 0.05) is 0 Å². The highest BCUT2D eigenvalue weighted by molar-refractivity contribution is 7.17. The lowest BCUT2D eigenvalue weighted by Crippen LogP contribution is -2.37. The van der Waals surface area contributed by atoms with E-state index in [9.17, 15) is 24.5 Å². The van der Waals surface area contributed by atoms with E-state index in [1.54, 1.807) is 40.7 Å². The quantitative estimate of drug-likeness (QED) is 0.272. The van der Waals surface area contributed by atoms with Crippen molar-refractivity contribution in [1.82, 2.24) is 15.5 Å². The summed E-state index contributed by atoms with van der Waals surface area (Å²) in [5.41, 5.74) is 0.486. The molecule has 1 unspecified atom stereocenters. The monoisotopic (exact) mass is 507 g/mol. The Balaban J connectivity index is 2.01. The first-order valence-corrected chi connectivity index (χ1v) is 11.5. The number of nitrogens with zero attached hydrogens (tertiary/aromatic N) is 2. The number of alkyl carbamates (subject to hydrolysis) is 1. The molecule has 1 atom stereocenters. The highest BCUT2D eigenvalue weighted by Gasteiger charge is 2.21. The van der Waals surface area contributed by atoms with E-state index >= 15 is 0 Å². The number of rotatable bonds is 10. The van der Waals surface area contributed by atoms with Crippen LogP contribution in [0.1, 0.15) is 51.3 Å². The molecule has 0 spiro atoms. The summed E-state index contributed by atoms with van der Waals surface area (Å²) in [5, 5.41) is 32.8. The average Bonchev–Trinajstić information content (AvgIpc) is 3.17. The van der Waals surface area contributed by atoms with Crippen LogP contribution in [0.25, 0.3) is 0 Å². The second-order valence-electron chi connectivity index (χ2n) is 8.28. The minimum atomic E-state index is -1.18. The van der Waals surface area contributed by atoms with Crippen molar-refractivity contribution in [2.45, 2.75) is 52.7 Å². The summed E-state index contributed by atoms with van der Waals surface area (Å²) in [5.74, 6) is -0.810. The number of nitrogens with one attached hydrogen (secondary N) is 2. The molecule has 2 aromatic rings. The van der Waals surface area contributed by atoms with Crippen molar-refractivity contribution in [1.29, 1.82) is 0 Å². The lowest BCUT2D eigenvalue weighted by molar-refractivity contribution is -0.145. The predicted octanol–water partition coefficient (Wildman–Crippen LogP) is 1.33. The first-order chi connectivity index (χ1) is 16.4. The molecule has 1 heterocycles. The zero-order valence-corrected chi connectivity index (χ0v) is 20.9. The lowest BCUT2D eigenvalue weighted by Gasteiger charge is -2.19. The molecule has 1 aromatic heterocycles. The molecule has 0 aliphatic heterocycles. The second-order valence-corrected chi connectivity index (χ2v) is 9.22. The Bertz CT molecular complexity index is 1060. The van der Waals surface area contributed by atoms with E-state index in [-0.39, 0.29) is 41.1 Å². The summed E-state index contributed by atoms with van der Waals surface area (Å²) >= 11 is 0.940. The molecule has 0 aliphatic carbocycles. The standard InChI is InChI=1S/C21H28BN4O8S/c1-6-32-16(29)9-14(27)17-11(2)7-12(8-13(17)22-31)33-20-26-25-18(35-20)24-15(28)10-23-19(30)34-21(3,4)5/h7-8,14,27,31H,6,9-10H2,1-5H3,(H,23,30)(H,24,25,28). The van der Waals surface area contributed by atoms with Crippen LogP contribution in [0.15, 0.2) is 12.1 Å². The van der Waals surface area contributed by atoms with Crippen molar-refractivity contribution in [2.24, 2.45) is 0 Å². The van der Waals surface area contributed by atoms with Crippen molar-refractivity contribution < 1.29 is 38.7 Å². The van der Waals surface area contributed by atoms with Crippen molar-refractivity contribution in [3.05, 3.63) is 23.3 Å². The fourth-order valence-corrected chi connectivity index (χ4v) is 3.56. The minimum absolute atomic E-state index is 0.100. The highest BCUT2D eigenvalue weighted by Crippen LogP contribution is 2.30. The molecule has 0 saturated carbocycles. The number of hydrogen-bond donors (Lipinski definition) is 4. The van der Waals surface area contributed by atoms with Gasteiger partial charge in [-0.25, -0.2) is 4.79 Å². The van der Waals surface area contributed by atoms with Crippen LogP contribution in [0.3, 0.4) is 0 Å². The number of aliphatic hydroxyl groups is 1. The summed E-state index contributed by atoms with van der Waals surface area (Å²) in [7, 11) is 0.799. The fraction of sp³-hybridized carbons (Fsp3) is 0.476. The summed E-state index contributed by atoms with van der Waals surface area (Å²) in [6, 6.07) is 3.06. The van der Waals surface area contributed by atoms with E-state index in [4.69, 9.17) is 14.2 Å². The van der Waals surface area contributed by atoms with Crippen LogP contribution in [0.2, 0.25) is 0 Å². The van der Waals surface area contributed by atoms with Crippen LogP contribution >= 0.6 is 11.3 Å². The molecule has 1 radical (unpaired) electrons. The van der Waals surface area contributed by atoms with E-state index < -0.39 is 29.7 Å². The van der Waals surface area contributed by atoms with Gasteiger partial charge in [0.2, 0.25) is 11.0 Å². The number of hydrogen-bond acceptors (Lipinski definition) is 11. The first-order valence-electron chi connectivity index (χ1n) is 10.7. The Hall–Kier alpha value is -3.23.